The van der Waals surface area contributed by atoms with E-state index >= 15 is 0 Å². The van der Waals surface area contributed by atoms with Crippen molar-refractivity contribution in [3.63, 3.8) is 0 Å². The summed E-state index contributed by atoms with van der Waals surface area (Å²) in [5.41, 5.74) is 0.357. The first-order chi connectivity index (χ1) is 12.6. The second-order valence-corrected chi connectivity index (χ2v) is 8.17. The molecule has 0 spiro atoms. The molecule has 8 atom stereocenters. The van der Waals surface area contributed by atoms with Gasteiger partial charge in [-0.2, -0.15) is 0 Å². The minimum absolute atomic E-state index is 0.00897. The average Bonchev–Trinajstić information content (AvgIpc) is 2.58. The molecule has 0 saturated carbocycles. The number of hydrogen-bond acceptors (Lipinski definition) is 8. The van der Waals surface area contributed by atoms with E-state index in [2.05, 4.69) is 0 Å². The summed E-state index contributed by atoms with van der Waals surface area (Å²) in [6.07, 6.45) is -3.99. The first-order valence-corrected chi connectivity index (χ1v) is 9.40. The van der Waals surface area contributed by atoms with E-state index in [9.17, 15) is 30.3 Å². The summed E-state index contributed by atoms with van der Waals surface area (Å²) in [6.45, 7) is 5.07. The van der Waals surface area contributed by atoms with Gasteiger partial charge in [0.2, 0.25) is 0 Å². The van der Waals surface area contributed by atoms with Gasteiger partial charge in [0.25, 0.3) is 0 Å². The molecule has 2 aliphatic rings. The topological polar surface area (TPSA) is 137 Å². The maximum atomic E-state index is 12.1. The lowest BCUT2D eigenvalue weighted by Crippen LogP contribution is -2.59. The van der Waals surface area contributed by atoms with E-state index < -0.39 is 48.8 Å². The molecule has 8 heteroatoms. The van der Waals surface area contributed by atoms with Gasteiger partial charge in [0.15, 0.2) is 12.1 Å². The molecular formula is C19H32O8. The number of allylic oxidation sites excluding steroid dienone is 2. The van der Waals surface area contributed by atoms with Gasteiger partial charge in [0.05, 0.1) is 19.3 Å². The van der Waals surface area contributed by atoms with Gasteiger partial charge in [-0.15, -0.1) is 0 Å². The summed E-state index contributed by atoms with van der Waals surface area (Å²) in [5.74, 6) is -0.00427. The molecule has 8 nitrogen and oxygen atoms in total. The molecule has 1 aliphatic carbocycles. The van der Waals surface area contributed by atoms with Gasteiger partial charge in [0, 0.05) is 11.8 Å². The summed E-state index contributed by atoms with van der Waals surface area (Å²) in [5, 5.41) is 48.8. The number of aliphatic hydroxyl groups is 5. The lowest BCUT2D eigenvalue weighted by Gasteiger charge is -2.44. The zero-order valence-electron chi connectivity index (χ0n) is 16.1. The van der Waals surface area contributed by atoms with Crippen molar-refractivity contribution in [1.82, 2.24) is 0 Å². The summed E-state index contributed by atoms with van der Waals surface area (Å²) in [4.78, 5) is 12.1. The highest BCUT2D eigenvalue weighted by Crippen LogP contribution is 2.43. The van der Waals surface area contributed by atoms with E-state index in [0.29, 0.717) is 12.8 Å². The fraction of sp³-hybridized carbons (Fsp3) is 0.842. The third-order valence-corrected chi connectivity index (χ3v) is 5.66. The van der Waals surface area contributed by atoms with E-state index in [1.54, 1.807) is 13.0 Å². The summed E-state index contributed by atoms with van der Waals surface area (Å²) >= 11 is 0. The Morgan fingerprint density at radius 2 is 1.96 bits per heavy atom. The Bertz CT molecular complexity index is 546. The molecule has 0 radical (unpaired) electrons. The lowest BCUT2D eigenvalue weighted by molar-refractivity contribution is -0.306. The standard InChI is InChI=1S/C19H32O8/c1-10-6-12(22)7-19(3,13(10)5-4-11(2)21)9-26-18-17(25)16(24)15(23)14(8-20)27-18/h6,11,13-18,20-21,23-25H,4-5,7-9H2,1-3H3/t11?,13-,14+,15+,16-,17+,18+,19-/m0/s1. The van der Waals surface area contributed by atoms with Crippen LogP contribution in [0.5, 0.6) is 0 Å². The van der Waals surface area contributed by atoms with Gasteiger partial charge < -0.3 is 35.0 Å². The Kier molecular flexibility index (Phi) is 7.54. The van der Waals surface area contributed by atoms with E-state index in [4.69, 9.17) is 9.47 Å². The Hall–Kier alpha value is -0.870. The van der Waals surface area contributed by atoms with E-state index in [0.717, 1.165) is 5.57 Å². The monoisotopic (exact) mass is 388 g/mol. The van der Waals surface area contributed by atoms with Crippen LogP contribution in [0, 0.1) is 11.3 Å². The van der Waals surface area contributed by atoms with Gasteiger partial charge in [-0.05, 0) is 38.7 Å². The Labute approximate surface area is 159 Å². The number of hydrogen-bond donors (Lipinski definition) is 5. The zero-order chi connectivity index (χ0) is 20.4. The van der Waals surface area contributed by atoms with Crippen LogP contribution in [-0.4, -0.2) is 81.3 Å². The molecule has 27 heavy (non-hydrogen) atoms. The van der Waals surface area contributed by atoms with Gasteiger partial charge in [0.1, 0.15) is 24.4 Å². The zero-order valence-corrected chi connectivity index (χ0v) is 16.1. The first-order valence-electron chi connectivity index (χ1n) is 9.40. The van der Waals surface area contributed by atoms with E-state index in [-0.39, 0.29) is 24.7 Å². The third-order valence-electron chi connectivity index (χ3n) is 5.66. The van der Waals surface area contributed by atoms with Gasteiger partial charge >= 0.3 is 0 Å². The molecule has 0 aromatic heterocycles. The molecule has 0 aromatic carbocycles. The van der Waals surface area contributed by atoms with Crippen molar-refractivity contribution in [3.8, 4) is 0 Å². The normalized spacial score (nSPS) is 41.3. The maximum Gasteiger partial charge on any atom is 0.186 e. The lowest BCUT2D eigenvalue weighted by atomic mass is 9.65. The van der Waals surface area contributed by atoms with Crippen LogP contribution in [0.2, 0.25) is 0 Å². The van der Waals surface area contributed by atoms with Crippen molar-refractivity contribution in [3.05, 3.63) is 11.6 Å². The van der Waals surface area contributed by atoms with Crippen LogP contribution >= 0.6 is 0 Å². The molecule has 0 amide bonds. The minimum Gasteiger partial charge on any atom is -0.394 e. The number of ketones is 1. The van der Waals surface area contributed by atoms with Crippen LogP contribution in [-0.2, 0) is 14.3 Å². The van der Waals surface area contributed by atoms with Gasteiger partial charge in [-0.25, -0.2) is 0 Å². The third kappa shape index (κ3) is 5.14. The van der Waals surface area contributed by atoms with Crippen molar-refractivity contribution in [2.45, 2.75) is 76.8 Å². The maximum absolute atomic E-state index is 12.1. The molecule has 1 aliphatic heterocycles. The second-order valence-electron chi connectivity index (χ2n) is 8.17. The molecule has 2 rings (SSSR count). The van der Waals surface area contributed by atoms with Crippen molar-refractivity contribution in [1.29, 1.82) is 0 Å². The SMILES string of the molecule is CC1=CC(=O)C[C@@](C)(CO[C@@H]2O[C@H](CO)[C@@H](O)[C@H](O)[C@H]2O)[C@H]1CCC(C)O. The summed E-state index contributed by atoms with van der Waals surface area (Å²) in [7, 11) is 0. The van der Waals surface area contributed by atoms with E-state index in [1.807, 2.05) is 13.8 Å². The molecule has 156 valence electrons. The quantitative estimate of drug-likeness (QED) is 0.394. The number of carbonyl (C=O) groups excluding carboxylic acids is 1. The van der Waals surface area contributed by atoms with Crippen molar-refractivity contribution < 1.29 is 39.8 Å². The average molecular weight is 388 g/mol. The van der Waals surface area contributed by atoms with Crippen LogP contribution in [0.1, 0.15) is 40.0 Å². The highest BCUT2D eigenvalue weighted by atomic mass is 16.7. The molecule has 1 heterocycles. The minimum atomic E-state index is -1.51. The predicted octanol–water partition coefficient (Wildman–Crippen LogP) is -0.494. The largest absolute Gasteiger partial charge is 0.394 e. The van der Waals surface area contributed by atoms with Crippen LogP contribution < -0.4 is 0 Å². The Morgan fingerprint density at radius 1 is 1.30 bits per heavy atom. The van der Waals surface area contributed by atoms with Crippen LogP contribution in [0.15, 0.2) is 11.6 Å². The first kappa shape index (κ1) is 22.4. The van der Waals surface area contributed by atoms with Crippen LogP contribution in [0.25, 0.3) is 0 Å². The predicted molar refractivity (Wildman–Crippen MR) is 95.6 cm³/mol. The van der Waals surface area contributed by atoms with Crippen molar-refractivity contribution in [2.75, 3.05) is 13.2 Å². The summed E-state index contributed by atoms with van der Waals surface area (Å²) in [6, 6.07) is 0. The summed E-state index contributed by atoms with van der Waals surface area (Å²) < 4.78 is 11.1. The molecule has 1 saturated heterocycles. The fourth-order valence-electron chi connectivity index (χ4n) is 4.09. The second kappa shape index (κ2) is 9.09. The smallest absolute Gasteiger partial charge is 0.186 e. The number of rotatable bonds is 7. The molecule has 0 bridgehead atoms. The number of ether oxygens (including phenoxy) is 2. The molecule has 1 unspecified atom stereocenters. The molecule has 1 fully saturated rings. The number of aliphatic hydroxyl groups excluding tert-OH is 5. The molecule has 0 aromatic rings. The molecule has 5 N–H and O–H groups in total. The van der Waals surface area contributed by atoms with Crippen molar-refractivity contribution in [2.24, 2.45) is 11.3 Å². The van der Waals surface area contributed by atoms with Crippen LogP contribution in [0.4, 0.5) is 0 Å². The number of carbonyl (C=O) groups is 1. The van der Waals surface area contributed by atoms with Crippen molar-refractivity contribution >= 4 is 5.78 Å². The highest BCUT2D eigenvalue weighted by Gasteiger charge is 2.46. The Balaban J connectivity index is 2.10. The van der Waals surface area contributed by atoms with Gasteiger partial charge in [-0.3, -0.25) is 4.79 Å². The van der Waals surface area contributed by atoms with E-state index in [1.165, 1.54) is 0 Å². The highest BCUT2D eigenvalue weighted by molar-refractivity contribution is 5.92. The van der Waals surface area contributed by atoms with Crippen LogP contribution in [0.3, 0.4) is 0 Å². The fourth-order valence-corrected chi connectivity index (χ4v) is 4.09. The Morgan fingerprint density at radius 3 is 2.56 bits per heavy atom. The molecular weight excluding hydrogens is 356 g/mol. The van der Waals surface area contributed by atoms with Gasteiger partial charge in [-0.1, -0.05) is 12.5 Å².